The summed E-state index contributed by atoms with van der Waals surface area (Å²) < 4.78 is 39.2. The average Bonchev–Trinajstić information content (AvgIpc) is 3.28. The van der Waals surface area contributed by atoms with E-state index in [0.717, 1.165) is 23.5 Å². The van der Waals surface area contributed by atoms with Gasteiger partial charge < -0.3 is 10.4 Å². The van der Waals surface area contributed by atoms with Crippen molar-refractivity contribution in [3.05, 3.63) is 16.1 Å². The van der Waals surface area contributed by atoms with Gasteiger partial charge in [0, 0.05) is 17.3 Å². The van der Waals surface area contributed by atoms with Crippen LogP contribution in [0.3, 0.4) is 0 Å². The molecule has 4 rings (SSSR count). The van der Waals surface area contributed by atoms with Gasteiger partial charge in [-0.2, -0.15) is 13.2 Å². The van der Waals surface area contributed by atoms with Crippen LogP contribution in [0.2, 0.25) is 0 Å². The number of carbonyl (C=O) groups excluding carboxylic acids is 1. The van der Waals surface area contributed by atoms with Crippen molar-refractivity contribution in [2.75, 3.05) is 0 Å². The Morgan fingerprint density at radius 2 is 2.08 bits per heavy atom. The maximum atomic E-state index is 13.1. The van der Waals surface area contributed by atoms with Gasteiger partial charge in [0.2, 0.25) is 5.91 Å². The van der Waals surface area contributed by atoms with Crippen LogP contribution in [-0.4, -0.2) is 33.8 Å². The second-order valence-corrected chi connectivity index (χ2v) is 8.95. The second kappa shape index (κ2) is 6.48. The van der Waals surface area contributed by atoms with E-state index in [1.807, 2.05) is 5.38 Å². The van der Waals surface area contributed by atoms with Crippen LogP contribution in [0.1, 0.15) is 61.6 Å². The molecule has 0 radical (unpaired) electrons. The Morgan fingerprint density at radius 3 is 2.69 bits per heavy atom. The highest BCUT2D eigenvalue weighted by molar-refractivity contribution is 7.09. The first kappa shape index (κ1) is 18.2. The molecule has 1 aromatic heterocycles. The molecule has 8 heteroatoms. The molecule has 2 bridgehead atoms. The zero-order valence-corrected chi connectivity index (χ0v) is 15.2. The molecule has 1 heterocycles. The predicted octanol–water partition coefficient (Wildman–Crippen LogP) is 3.55. The van der Waals surface area contributed by atoms with E-state index >= 15 is 0 Å². The Bertz CT molecular complexity index is 686. The molecule has 0 spiro atoms. The molecule has 4 unspecified atom stereocenters. The van der Waals surface area contributed by atoms with Gasteiger partial charge in [-0.25, -0.2) is 4.98 Å². The fourth-order valence-corrected chi connectivity index (χ4v) is 6.01. The minimum absolute atomic E-state index is 0.167. The number of hydrogen-bond acceptors (Lipinski definition) is 4. The molecule has 1 amide bonds. The molecule has 4 nitrogen and oxygen atoms in total. The number of thiazole rings is 1. The van der Waals surface area contributed by atoms with Gasteiger partial charge in [-0.15, -0.1) is 11.3 Å². The fourth-order valence-electron chi connectivity index (χ4n) is 5.02. The van der Waals surface area contributed by atoms with Gasteiger partial charge in [-0.05, 0) is 43.9 Å². The smallest absolute Gasteiger partial charge is 0.380 e. The molecule has 4 atom stereocenters. The van der Waals surface area contributed by atoms with Crippen LogP contribution >= 0.6 is 11.3 Å². The lowest BCUT2D eigenvalue weighted by Crippen LogP contribution is -2.53. The molecule has 2 N–H and O–H groups in total. The van der Waals surface area contributed by atoms with Crippen LogP contribution < -0.4 is 5.32 Å². The number of hydrogen-bond donors (Lipinski definition) is 2. The Hall–Kier alpha value is -1.15. The summed E-state index contributed by atoms with van der Waals surface area (Å²) in [5.74, 6) is -0.796. The van der Waals surface area contributed by atoms with Crippen molar-refractivity contribution >= 4 is 17.2 Å². The Morgan fingerprint density at radius 1 is 1.35 bits per heavy atom. The van der Waals surface area contributed by atoms with Gasteiger partial charge in [0.15, 0.2) is 5.60 Å². The van der Waals surface area contributed by atoms with Crippen LogP contribution in [0.5, 0.6) is 0 Å². The SMILES string of the molecule is O=C(Cc1csc(C2CCCC2)n1)NC1CC2CC1CC2(O)C(F)(F)F. The number of amides is 1. The third-order valence-corrected chi connectivity index (χ3v) is 7.45. The first-order valence-corrected chi connectivity index (χ1v) is 10.2. The summed E-state index contributed by atoms with van der Waals surface area (Å²) >= 11 is 1.60. The number of carbonyl (C=O) groups is 1. The monoisotopic (exact) mass is 388 g/mol. The Kier molecular flexibility index (Phi) is 4.54. The fraction of sp³-hybridized carbons (Fsp3) is 0.778. The Balaban J connectivity index is 1.32. The summed E-state index contributed by atoms with van der Waals surface area (Å²) in [5, 5.41) is 15.9. The number of nitrogens with zero attached hydrogens (tertiary/aromatic N) is 1. The molecule has 3 aliphatic carbocycles. The number of rotatable bonds is 4. The van der Waals surface area contributed by atoms with Crippen molar-refractivity contribution in [2.45, 2.75) is 75.1 Å². The van der Waals surface area contributed by atoms with Crippen LogP contribution in [0.15, 0.2) is 5.38 Å². The number of alkyl halides is 3. The van der Waals surface area contributed by atoms with E-state index in [1.165, 1.54) is 12.8 Å². The second-order valence-electron chi connectivity index (χ2n) is 8.06. The van der Waals surface area contributed by atoms with E-state index in [0.29, 0.717) is 12.3 Å². The number of nitrogens with one attached hydrogen (secondary N) is 1. The maximum Gasteiger partial charge on any atom is 0.417 e. The van der Waals surface area contributed by atoms with Crippen molar-refractivity contribution in [1.29, 1.82) is 0 Å². The summed E-state index contributed by atoms with van der Waals surface area (Å²) in [4.78, 5) is 16.9. The minimum atomic E-state index is -4.60. The highest BCUT2D eigenvalue weighted by Gasteiger charge is 2.66. The van der Waals surface area contributed by atoms with Gasteiger partial charge in [0.25, 0.3) is 0 Å². The quantitative estimate of drug-likeness (QED) is 0.829. The average molecular weight is 388 g/mol. The molecular formula is C18H23F3N2O2S. The predicted molar refractivity (Wildman–Crippen MR) is 90.8 cm³/mol. The number of halogens is 3. The van der Waals surface area contributed by atoms with E-state index in [1.54, 1.807) is 11.3 Å². The van der Waals surface area contributed by atoms with E-state index in [-0.39, 0.29) is 37.1 Å². The number of fused-ring (bicyclic) bond motifs is 2. The van der Waals surface area contributed by atoms with Crippen LogP contribution in [0.4, 0.5) is 13.2 Å². The highest BCUT2D eigenvalue weighted by Crippen LogP contribution is 2.56. The van der Waals surface area contributed by atoms with E-state index < -0.39 is 17.7 Å². The summed E-state index contributed by atoms with van der Waals surface area (Å²) in [5.41, 5.74) is -1.84. The molecule has 144 valence electrons. The molecular weight excluding hydrogens is 365 g/mol. The van der Waals surface area contributed by atoms with Gasteiger partial charge in [0.05, 0.1) is 17.1 Å². The zero-order chi connectivity index (χ0) is 18.5. The Labute approximate surface area is 154 Å². The molecule has 0 aliphatic heterocycles. The molecule has 3 saturated carbocycles. The first-order chi connectivity index (χ1) is 12.3. The lowest BCUT2D eigenvalue weighted by atomic mass is 9.81. The van der Waals surface area contributed by atoms with E-state index in [4.69, 9.17) is 0 Å². The first-order valence-electron chi connectivity index (χ1n) is 9.29. The minimum Gasteiger partial charge on any atom is -0.380 e. The van der Waals surface area contributed by atoms with Gasteiger partial charge in [-0.3, -0.25) is 4.79 Å². The lowest BCUT2D eigenvalue weighted by Gasteiger charge is -2.37. The van der Waals surface area contributed by atoms with E-state index in [9.17, 15) is 23.1 Å². The van der Waals surface area contributed by atoms with Crippen LogP contribution in [0.25, 0.3) is 0 Å². The number of aliphatic hydroxyl groups is 1. The van der Waals surface area contributed by atoms with Gasteiger partial charge in [-0.1, -0.05) is 12.8 Å². The third-order valence-electron chi connectivity index (χ3n) is 6.40. The highest BCUT2D eigenvalue weighted by atomic mass is 32.1. The van der Waals surface area contributed by atoms with Crippen molar-refractivity contribution < 1.29 is 23.1 Å². The molecule has 3 aliphatic rings. The summed E-state index contributed by atoms with van der Waals surface area (Å²) in [6.45, 7) is 0. The summed E-state index contributed by atoms with van der Waals surface area (Å²) in [6.07, 6.45) is 0.552. The molecule has 3 fully saturated rings. The van der Waals surface area contributed by atoms with Crippen LogP contribution in [0, 0.1) is 11.8 Å². The van der Waals surface area contributed by atoms with Crippen molar-refractivity contribution in [3.8, 4) is 0 Å². The van der Waals surface area contributed by atoms with Crippen molar-refractivity contribution in [2.24, 2.45) is 11.8 Å². The van der Waals surface area contributed by atoms with Gasteiger partial charge in [0.1, 0.15) is 0 Å². The standard InChI is InChI=1S/C18H23F3N2O2S/c19-18(20,21)17(25)8-11-5-12(17)6-14(11)23-15(24)7-13-9-26-16(22-13)10-3-1-2-4-10/h9-12,14,25H,1-8H2,(H,23,24). The molecule has 0 aromatic carbocycles. The summed E-state index contributed by atoms with van der Waals surface area (Å²) in [7, 11) is 0. The molecule has 1 aromatic rings. The number of aromatic nitrogens is 1. The molecule has 0 saturated heterocycles. The largest absolute Gasteiger partial charge is 0.417 e. The van der Waals surface area contributed by atoms with Crippen molar-refractivity contribution in [1.82, 2.24) is 10.3 Å². The zero-order valence-electron chi connectivity index (χ0n) is 14.4. The summed E-state index contributed by atoms with van der Waals surface area (Å²) in [6, 6.07) is -0.275. The maximum absolute atomic E-state index is 13.1. The lowest BCUT2D eigenvalue weighted by molar-refractivity contribution is -0.277. The topological polar surface area (TPSA) is 62.2 Å². The van der Waals surface area contributed by atoms with Crippen molar-refractivity contribution in [3.63, 3.8) is 0 Å². The molecule has 26 heavy (non-hydrogen) atoms. The normalized spacial score (nSPS) is 34.5. The van der Waals surface area contributed by atoms with Crippen LogP contribution in [-0.2, 0) is 11.2 Å². The van der Waals surface area contributed by atoms with E-state index in [2.05, 4.69) is 10.3 Å². The van der Waals surface area contributed by atoms with Gasteiger partial charge >= 0.3 is 6.18 Å². The third kappa shape index (κ3) is 3.15.